The molecule has 0 spiro atoms. The highest BCUT2D eigenvalue weighted by Crippen LogP contribution is 1.82. The molecule has 0 aromatic carbocycles. The van der Waals surface area contributed by atoms with E-state index in [2.05, 4.69) is 18.7 Å². The van der Waals surface area contributed by atoms with E-state index in [-0.39, 0.29) is 6.61 Å². The maximum atomic E-state index is 8.46. The molecule has 3 heteroatoms. The van der Waals surface area contributed by atoms with Crippen molar-refractivity contribution in [1.82, 2.24) is 4.90 Å². The van der Waals surface area contributed by atoms with E-state index in [0.717, 1.165) is 32.8 Å². The zero-order valence-electron chi connectivity index (χ0n) is 9.55. The third-order valence-corrected chi connectivity index (χ3v) is 1.72. The van der Waals surface area contributed by atoms with Crippen molar-refractivity contribution in [2.24, 2.45) is 0 Å². The third kappa shape index (κ3) is 14.7. The monoisotopic (exact) mass is 191 g/mol. The van der Waals surface area contributed by atoms with Crippen molar-refractivity contribution in [1.29, 1.82) is 0 Å². The van der Waals surface area contributed by atoms with Crippen molar-refractivity contribution >= 4 is 0 Å². The molecule has 0 aliphatic heterocycles. The van der Waals surface area contributed by atoms with Gasteiger partial charge in [-0.05, 0) is 26.9 Å². The van der Waals surface area contributed by atoms with E-state index in [1.807, 2.05) is 13.8 Å². The standard InChI is InChI=1S/C6H15NO.C4H10O/c1-3-7(4-2)5-6-8;1-3-5-4-2/h8H,3-6H2,1-2H3;3-4H2,1-2H3. The topological polar surface area (TPSA) is 32.7 Å². The highest BCUT2D eigenvalue weighted by molar-refractivity contribution is 4.47. The highest BCUT2D eigenvalue weighted by Gasteiger charge is 1.93. The van der Waals surface area contributed by atoms with Gasteiger partial charge in [-0.1, -0.05) is 13.8 Å². The highest BCUT2D eigenvalue weighted by atomic mass is 16.5. The lowest BCUT2D eigenvalue weighted by Gasteiger charge is -2.15. The second-order valence-corrected chi connectivity index (χ2v) is 2.53. The van der Waals surface area contributed by atoms with Crippen LogP contribution in [-0.2, 0) is 4.74 Å². The Morgan fingerprint density at radius 1 is 1.00 bits per heavy atom. The molecule has 0 aromatic rings. The molecule has 1 N–H and O–H groups in total. The van der Waals surface area contributed by atoms with Gasteiger partial charge in [0, 0.05) is 19.8 Å². The fourth-order valence-electron chi connectivity index (χ4n) is 0.885. The Morgan fingerprint density at radius 3 is 1.54 bits per heavy atom. The molecule has 13 heavy (non-hydrogen) atoms. The summed E-state index contributed by atoms with van der Waals surface area (Å²) in [4.78, 5) is 2.18. The lowest BCUT2D eigenvalue weighted by Crippen LogP contribution is -2.25. The minimum Gasteiger partial charge on any atom is -0.395 e. The summed E-state index contributed by atoms with van der Waals surface area (Å²) in [6, 6.07) is 0. The normalized spacial score (nSPS) is 9.69. The first kappa shape index (κ1) is 15.4. The average Bonchev–Trinajstić information content (AvgIpc) is 2.16. The first-order valence-electron chi connectivity index (χ1n) is 5.17. The van der Waals surface area contributed by atoms with Gasteiger partial charge in [0.05, 0.1) is 6.61 Å². The van der Waals surface area contributed by atoms with Gasteiger partial charge >= 0.3 is 0 Å². The predicted octanol–water partition coefficient (Wildman–Crippen LogP) is 1.36. The van der Waals surface area contributed by atoms with E-state index in [9.17, 15) is 0 Å². The molecule has 0 aliphatic carbocycles. The summed E-state index contributed by atoms with van der Waals surface area (Å²) in [6.45, 7) is 13.0. The van der Waals surface area contributed by atoms with Crippen LogP contribution in [0.5, 0.6) is 0 Å². The van der Waals surface area contributed by atoms with Crippen molar-refractivity contribution in [3.8, 4) is 0 Å². The number of hydrogen-bond donors (Lipinski definition) is 1. The van der Waals surface area contributed by atoms with Crippen molar-refractivity contribution in [3.63, 3.8) is 0 Å². The minimum atomic E-state index is 0.279. The maximum Gasteiger partial charge on any atom is 0.0558 e. The van der Waals surface area contributed by atoms with Crippen LogP contribution < -0.4 is 0 Å². The molecule has 0 saturated heterocycles. The molecule has 0 radical (unpaired) electrons. The Labute approximate surface area is 82.7 Å². The van der Waals surface area contributed by atoms with E-state index in [1.54, 1.807) is 0 Å². The number of aliphatic hydroxyl groups excluding tert-OH is 1. The van der Waals surface area contributed by atoms with Crippen LogP contribution in [0, 0.1) is 0 Å². The molecule has 0 aliphatic rings. The van der Waals surface area contributed by atoms with Crippen LogP contribution in [0.3, 0.4) is 0 Å². The maximum absolute atomic E-state index is 8.46. The van der Waals surface area contributed by atoms with Gasteiger partial charge in [0.2, 0.25) is 0 Å². The van der Waals surface area contributed by atoms with Crippen LogP contribution in [0.2, 0.25) is 0 Å². The molecule has 0 unspecified atom stereocenters. The van der Waals surface area contributed by atoms with Crippen LogP contribution in [0.4, 0.5) is 0 Å². The molecule has 0 rings (SSSR count). The molecule has 0 heterocycles. The van der Waals surface area contributed by atoms with Gasteiger partial charge in [-0.3, -0.25) is 0 Å². The molecule has 0 aromatic heterocycles. The van der Waals surface area contributed by atoms with Crippen molar-refractivity contribution in [2.45, 2.75) is 27.7 Å². The van der Waals surface area contributed by atoms with Crippen molar-refractivity contribution < 1.29 is 9.84 Å². The van der Waals surface area contributed by atoms with Gasteiger partial charge in [0.25, 0.3) is 0 Å². The van der Waals surface area contributed by atoms with E-state index in [0.29, 0.717) is 0 Å². The number of aliphatic hydroxyl groups is 1. The van der Waals surface area contributed by atoms with Crippen LogP contribution in [-0.4, -0.2) is 49.5 Å². The van der Waals surface area contributed by atoms with Gasteiger partial charge < -0.3 is 14.7 Å². The Kier molecular flexibility index (Phi) is 17.0. The number of nitrogens with zero attached hydrogens (tertiary/aromatic N) is 1. The Morgan fingerprint density at radius 2 is 1.46 bits per heavy atom. The molecule has 0 amide bonds. The Bertz CT molecular complexity index is 73.3. The summed E-state index contributed by atoms with van der Waals surface area (Å²) >= 11 is 0. The van der Waals surface area contributed by atoms with Gasteiger partial charge in [-0.15, -0.1) is 0 Å². The number of ether oxygens (including phenoxy) is 1. The van der Waals surface area contributed by atoms with Gasteiger partial charge in [-0.25, -0.2) is 0 Å². The first-order chi connectivity index (χ1) is 6.26. The Hall–Kier alpha value is -0.120. The van der Waals surface area contributed by atoms with Crippen molar-refractivity contribution in [3.05, 3.63) is 0 Å². The fraction of sp³-hybridized carbons (Fsp3) is 1.00. The summed E-state index contributed by atoms with van der Waals surface area (Å²) in [5, 5.41) is 8.46. The van der Waals surface area contributed by atoms with E-state index < -0.39 is 0 Å². The number of likely N-dealkylation sites (N-methyl/N-ethyl adjacent to an activating group) is 1. The second-order valence-electron chi connectivity index (χ2n) is 2.53. The molecule has 0 atom stereocenters. The summed E-state index contributed by atoms with van der Waals surface area (Å²) in [5.74, 6) is 0. The molecular formula is C10H25NO2. The lowest BCUT2D eigenvalue weighted by atomic mass is 10.5. The van der Waals surface area contributed by atoms with Crippen molar-refractivity contribution in [2.75, 3.05) is 39.5 Å². The minimum absolute atomic E-state index is 0.279. The number of rotatable bonds is 6. The van der Waals surface area contributed by atoms with Gasteiger partial charge in [0.1, 0.15) is 0 Å². The smallest absolute Gasteiger partial charge is 0.0558 e. The molecule has 0 bridgehead atoms. The summed E-state index contributed by atoms with van der Waals surface area (Å²) < 4.78 is 4.83. The lowest BCUT2D eigenvalue weighted by molar-refractivity contribution is 0.162. The SMILES string of the molecule is CCN(CC)CCO.CCOCC. The van der Waals surface area contributed by atoms with Crippen LogP contribution in [0.25, 0.3) is 0 Å². The number of hydrogen-bond acceptors (Lipinski definition) is 3. The van der Waals surface area contributed by atoms with E-state index in [4.69, 9.17) is 9.84 Å². The molecular weight excluding hydrogens is 166 g/mol. The molecule has 3 nitrogen and oxygen atoms in total. The Balaban J connectivity index is 0. The molecule has 82 valence electrons. The van der Waals surface area contributed by atoms with Gasteiger partial charge in [0.15, 0.2) is 0 Å². The summed E-state index contributed by atoms with van der Waals surface area (Å²) in [5.41, 5.74) is 0. The molecule has 0 saturated carbocycles. The van der Waals surface area contributed by atoms with Gasteiger partial charge in [-0.2, -0.15) is 0 Å². The third-order valence-electron chi connectivity index (χ3n) is 1.72. The average molecular weight is 191 g/mol. The van der Waals surface area contributed by atoms with Crippen LogP contribution in [0.15, 0.2) is 0 Å². The van der Waals surface area contributed by atoms with Crippen LogP contribution >= 0.6 is 0 Å². The summed E-state index contributed by atoms with van der Waals surface area (Å²) in [6.07, 6.45) is 0. The summed E-state index contributed by atoms with van der Waals surface area (Å²) in [7, 11) is 0. The van der Waals surface area contributed by atoms with E-state index >= 15 is 0 Å². The quantitative estimate of drug-likeness (QED) is 0.688. The fourth-order valence-corrected chi connectivity index (χ4v) is 0.885. The predicted molar refractivity (Wildman–Crippen MR) is 57.0 cm³/mol. The zero-order chi connectivity index (χ0) is 10.5. The first-order valence-corrected chi connectivity index (χ1v) is 5.17. The second kappa shape index (κ2) is 14.4. The van der Waals surface area contributed by atoms with Crippen LogP contribution in [0.1, 0.15) is 27.7 Å². The zero-order valence-corrected chi connectivity index (χ0v) is 9.55. The largest absolute Gasteiger partial charge is 0.395 e. The molecule has 0 fully saturated rings. The van der Waals surface area contributed by atoms with E-state index in [1.165, 1.54) is 0 Å².